The third-order valence-corrected chi connectivity index (χ3v) is 4.38. The second kappa shape index (κ2) is 8.12. The average molecular weight is 322 g/mol. The van der Waals surface area contributed by atoms with Crippen molar-refractivity contribution in [1.29, 1.82) is 0 Å². The first-order valence-electron chi connectivity index (χ1n) is 8.11. The monoisotopic (exact) mass is 322 g/mol. The van der Waals surface area contributed by atoms with Crippen molar-refractivity contribution >= 4 is 17.5 Å². The highest BCUT2D eigenvalue weighted by atomic mass is 16.5. The Morgan fingerprint density at radius 2 is 2.04 bits per heavy atom. The van der Waals surface area contributed by atoms with Crippen LogP contribution >= 0.6 is 0 Å². The van der Waals surface area contributed by atoms with Gasteiger partial charge in [-0.25, -0.2) is 9.78 Å². The van der Waals surface area contributed by atoms with Crippen LogP contribution < -0.4 is 15.5 Å². The Morgan fingerprint density at radius 3 is 2.57 bits per heavy atom. The fourth-order valence-electron chi connectivity index (χ4n) is 2.53. The van der Waals surface area contributed by atoms with Gasteiger partial charge in [-0.1, -0.05) is 13.8 Å². The predicted molar refractivity (Wildman–Crippen MR) is 89.8 cm³/mol. The van der Waals surface area contributed by atoms with Crippen molar-refractivity contribution in [3.05, 3.63) is 18.3 Å². The molecule has 23 heavy (non-hydrogen) atoms. The van der Waals surface area contributed by atoms with E-state index in [-0.39, 0.29) is 12.6 Å². The molecule has 0 aromatic carbocycles. The molecule has 1 saturated heterocycles. The Labute approximate surface area is 137 Å². The smallest absolute Gasteiger partial charge is 0.319 e. The number of urea groups is 1. The summed E-state index contributed by atoms with van der Waals surface area (Å²) in [5.74, 6) is 0.881. The lowest BCUT2D eigenvalue weighted by Gasteiger charge is -2.30. The zero-order chi connectivity index (χ0) is 16.7. The van der Waals surface area contributed by atoms with Crippen molar-refractivity contribution < 1.29 is 14.6 Å². The van der Waals surface area contributed by atoms with Crippen LogP contribution in [0.5, 0.6) is 0 Å². The quantitative estimate of drug-likeness (QED) is 0.740. The number of nitrogens with one attached hydrogen (secondary N) is 2. The summed E-state index contributed by atoms with van der Waals surface area (Å²) in [7, 11) is 0. The van der Waals surface area contributed by atoms with E-state index in [4.69, 9.17) is 4.74 Å². The topological polar surface area (TPSA) is 86.7 Å². The molecule has 1 aromatic rings. The number of hydrogen-bond donors (Lipinski definition) is 3. The number of ether oxygens (including phenoxy) is 1. The number of hydrogen-bond acceptors (Lipinski definition) is 5. The Hall–Kier alpha value is -1.86. The van der Waals surface area contributed by atoms with E-state index >= 15 is 0 Å². The Balaban J connectivity index is 1.93. The van der Waals surface area contributed by atoms with E-state index in [2.05, 4.69) is 20.5 Å². The van der Waals surface area contributed by atoms with E-state index in [0.717, 1.165) is 18.9 Å². The van der Waals surface area contributed by atoms with Gasteiger partial charge in [-0.2, -0.15) is 0 Å². The maximum Gasteiger partial charge on any atom is 0.319 e. The van der Waals surface area contributed by atoms with Gasteiger partial charge in [-0.3, -0.25) is 0 Å². The molecule has 1 aromatic heterocycles. The molecule has 128 valence electrons. The van der Waals surface area contributed by atoms with Crippen LogP contribution in [-0.4, -0.2) is 54.6 Å². The molecule has 3 N–H and O–H groups in total. The summed E-state index contributed by atoms with van der Waals surface area (Å²) >= 11 is 0. The van der Waals surface area contributed by atoms with Crippen molar-refractivity contribution in [3.8, 4) is 0 Å². The maximum atomic E-state index is 12.1. The van der Waals surface area contributed by atoms with Gasteiger partial charge in [0.2, 0.25) is 0 Å². The van der Waals surface area contributed by atoms with Crippen molar-refractivity contribution in [2.45, 2.75) is 32.2 Å². The highest BCUT2D eigenvalue weighted by Gasteiger charge is 2.27. The Bertz CT molecular complexity index is 488. The normalized spacial score (nSPS) is 15.3. The van der Waals surface area contributed by atoms with Gasteiger partial charge >= 0.3 is 6.03 Å². The second-order valence-corrected chi connectivity index (χ2v) is 5.73. The van der Waals surface area contributed by atoms with Crippen LogP contribution in [0.2, 0.25) is 0 Å². The van der Waals surface area contributed by atoms with Gasteiger partial charge in [0.1, 0.15) is 5.82 Å². The van der Waals surface area contributed by atoms with Gasteiger partial charge in [0.05, 0.1) is 37.2 Å². The fraction of sp³-hybridized carbons (Fsp3) is 0.625. The van der Waals surface area contributed by atoms with E-state index in [1.54, 1.807) is 6.20 Å². The summed E-state index contributed by atoms with van der Waals surface area (Å²) in [5.41, 5.74) is 0.0455. The molecule has 2 heterocycles. The van der Waals surface area contributed by atoms with Crippen molar-refractivity contribution in [2.24, 2.45) is 0 Å². The molecule has 0 saturated carbocycles. The minimum atomic E-state index is -0.578. The lowest BCUT2D eigenvalue weighted by atomic mass is 9.94. The standard InChI is InChI=1S/C16H26N4O3/c1-3-16(4-2,12-21)19-15(22)18-13-5-6-14(17-11-13)20-7-9-23-10-8-20/h5-6,11,21H,3-4,7-10,12H2,1-2H3,(H2,18,19,22). The number of aromatic nitrogens is 1. The molecule has 2 amide bonds. The van der Waals surface area contributed by atoms with Crippen molar-refractivity contribution in [1.82, 2.24) is 10.3 Å². The summed E-state index contributed by atoms with van der Waals surface area (Å²) in [4.78, 5) is 18.6. The van der Waals surface area contributed by atoms with E-state index in [1.807, 2.05) is 26.0 Å². The zero-order valence-corrected chi connectivity index (χ0v) is 13.8. The maximum absolute atomic E-state index is 12.1. The van der Waals surface area contributed by atoms with Gasteiger partial charge < -0.3 is 25.4 Å². The van der Waals surface area contributed by atoms with E-state index in [9.17, 15) is 9.90 Å². The number of pyridine rings is 1. The van der Waals surface area contributed by atoms with Gasteiger partial charge in [0.25, 0.3) is 0 Å². The Morgan fingerprint density at radius 1 is 1.35 bits per heavy atom. The highest BCUT2D eigenvalue weighted by Crippen LogP contribution is 2.17. The van der Waals surface area contributed by atoms with Gasteiger partial charge in [-0.15, -0.1) is 0 Å². The molecule has 2 rings (SSSR count). The first-order valence-corrected chi connectivity index (χ1v) is 8.11. The highest BCUT2D eigenvalue weighted by molar-refractivity contribution is 5.89. The molecule has 0 spiro atoms. The van der Waals surface area contributed by atoms with Crippen molar-refractivity contribution in [3.63, 3.8) is 0 Å². The van der Waals surface area contributed by atoms with Crippen LogP contribution in [0.25, 0.3) is 0 Å². The summed E-state index contributed by atoms with van der Waals surface area (Å²) in [6, 6.07) is 3.39. The molecule has 7 heteroatoms. The number of carbonyl (C=O) groups excluding carboxylic acids is 1. The molecule has 0 aliphatic carbocycles. The van der Waals surface area contributed by atoms with Crippen LogP contribution in [0.3, 0.4) is 0 Å². The third-order valence-electron chi connectivity index (χ3n) is 4.38. The predicted octanol–water partition coefficient (Wildman–Crippen LogP) is 1.59. The molecular weight excluding hydrogens is 296 g/mol. The summed E-state index contributed by atoms with van der Waals surface area (Å²) in [6.07, 6.45) is 2.98. The van der Waals surface area contributed by atoms with Crippen LogP contribution in [-0.2, 0) is 4.74 Å². The fourth-order valence-corrected chi connectivity index (χ4v) is 2.53. The third kappa shape index (κ3) is 4.56. The first kappa shape index (κ1) is 17.5. The van der Waals surface area contributed by atoms with E-state index in [0.29, 0.717) is 31.7 Å². The number of rotatable bonds is 6. The average Bonchev–Trinajstić information content (AvgIpc) is 2.61. The molecule has 7 nitrogen and oxygen atoms in total. The number of amides is 2. The number of morpholine rings is 1. The van der Waals surface area contributed by atoms with E-state index in [1.165, 1.54) is 0 Å². The van der Waals surface area contributed by atoms with Crippen molar-refractivity contribution in [2.75, 3.05) is 43.1 Å². The molecule has 0 bridgehead atoms. The molecule has 0 atom stereocenters. The summed E-state index contributed by atoms with van der Waals surface area (Å²) in [5, 5.41) is 15.1. The first-order chi connectivity index (χ1) is 11.1. The van der Waals surface area contributed by atoms with Crippen LogP contribution in [0.15, 0.2) is 18.3 Å². The van der Waals surface area contributed by atoms with Crippen LogP contribution in [0.1, 0.15) is 26.7 Å². The number of nitrogens with zero attached hydrogens (tertiary/aromatic N) is 2. The molecule has 1 aliphatic heterocycles. The lowest BCUT2D eigenvalue weighted by molar-refractivity contribution is 0.122. The molecule has 0 radical (unpaired) electrons. The summed E-state index contributed by atoms with van der Waals surface area (Å²) in [6.45, 7) is 6.88. The minimum absolute atomic E-state index is 0.0817. The second-order valence-electron chi connectivity index (χ2n) is 5.73. The number of aliphatic hydroxyl groups is 1. The molecule has 1 fully saturated rings. The summed E-state index contributed by atoms with van der Waals surface area (Å²) < 4.78 is 5.32. The SMILES string of the molecule is CCC(CC)(CO)NC(=O)Nc1ccc(N2CCOCC2)nc1. The van der Waals surface area contributed by atoms with Crippen LogP contribution in [0, 0.1) is 0 Å². The van der Waals surface area contributed by atoms with Gasteiger partial charge in [-0.05, 0) is 25.0 Å². The zero-order valence-electron chi connectivity index (χ0n) is 13.8. The largest absolute Gasteiger partial charge is 0.394 e. The minimum Gasteiger partial charge on any atom is -0.394 e. The number of aliphatic hydroxyl groups excluding tert-OH is 1. The van der Waals surface area contributed by atoms with Gasteiger partial charge in [0.15, 0.2) is 0 Å². The Kier molecular flexibility index (Phi) is 6.18. The molecular formula is C16H26N4O3. The van der Waals surface area contributed by atoms with Crippen LogP contribution in [0.4, 0.5) is 16.3 Å². The lowest BCUT2D eigenvalue weighted by Crippen LogP contribution is -2.52. The molecule has 0 unspecified atom stereocenters. The number of anilines is 2. The number of carbonyl (C=O) groups is 1. The van der Waals surface area contributed by atoms with Gasteiger partial charge in [0, 0.05) is 13.1 Å². The molecule has 1 aliphatic rings. The van der Waals surface area contributed by atoms with E-state index < -0.39 is 5.54 Å².